The van der Waals surface area contributed by atoms with Gasteiger partial charge in [-0.3, -0.25) is 0 Å². The number of hydrogen-bond donors (Lipinski definition) is 0. The largest absolute Gasteiger partial charge is 0.534 e. The zero-order valence-corrected chi connectivity index (χ0v) is 36.1. The molecule has 4 heteroatoms. The monoisotopic (exact) mass is 766 g/mol. The molecule has 0 radical (unpaired) electrons. The van der Waals surface area contributed by atoms with Crippen molar-refractivity contribution in [2.75, 3.05) is 0 Å². The Morgan fingerprint density at radius 3 is 0.821 bits per heavy atom. The lowest BCUT2D eigenvalue weighted by Crippen LogP contribution is -2.69. The Hall–Kier alpha value is -5.43. The average molecular weight is 767 g/mol. The molecule has 0 heterocycles. The Morgan fingerprint density at radius 2 is 0.571 bits per heavy atom. The summed E-state index contributed by atoms with van der Waals surface area (Å²) in [4.78, 5) is 0. The molecule has 56 heavy (non-hydrogen) atoms. The Kier molecular flexibility index (Phi) is 10.8. The van der Waals surface area contributed by atoms with Crippen LogP contribution in [0.4, 0.5) is 0 Å². The van der Waals surface area contributed by atoms with Gasteiger partial charge in [0.25, 0.3) is 0 Å². The van der Waals surface area contributed by atoms with Crippen molar-refractivity contribution in [3.8, 4) is 33.8 Å². The average Bonchev–Trinajstić information content (AvgIpc) is 3.20. The highest BCUT2D eigenvalue weighted by Gasteiger charge is 2.54. The van der Waals surface area contributed by atoms with Crippen LogP contribution in [0.1, 0.15) is 52.7 Å². The fourth-order valence-corrected chi connectivity index (χ4v) is 17.4. The van der Waals surface area contributed by atoms with Crippen LogP contribution in [0.25, 0.3) is 22.3 Å². The van der Waals surface area contributed by atoms with E-state index in [1.165, 1.54) is 31.9 Å². The zero-order valence-electron chi connectivity index (χ0n) is 34.1. The second-order valence-corrected chi connectivity index (χ2v) is 25.4. The van der Waals surface area contributed by atoms with E-state index in [0.29, 0.717) is 0 Å². The van der Waals surface area contributed by atoms with Crippen molar-refractivity contribution in [2.45, 2.75) is 65.5 Å². The highest BCUT2D eigenvalue weighted by molar-refractivity contribution is 7.00. The first kappa shape index (κ1) is 38.8. The smallest absolute Gasteiger partial charge is 0.319 e. The topological polar surface area (TPSA) is 18.5 Å². The molecule has 0 N–H and O–H groups in total. The van der Waals surface area contributed by atoms with Crippen LogP contribution in [0.3, 0.4) is 0 Å². The summed E-state index contributed by atoms with van der Waals surface area (Å²) in [6.45, 7) is 18.4. The summed E-state index contributed by atoms with van der Waals surface area (Å²) < 4.78 is 16.0. The first-order chi connectivity index (χ1) is 26.9. The Labute approximate surface area is 337 Å². The molecule has 2 nitrogen and oxygen atoms in total. The van der Waals surface area contributed by atoms with Crippen LogP contribution >= 0.6 is 0 Å². The van der Waals surface area contributed by atoms with Gasteiger partial charge in [0, 0.05) is 11.1 Å². The van der Waals surface area contributed by atoms with E-state index >= 15 is 0 Å². The normalized spacial score (nSPS) is 12.3. The molecule has 7 aromatic rings. The van der Waals surface area contributed by atoms with Crippen LogP contribution in [0.15, 0.2) is 182 Å². The summed E-state index contributed by atoms with van der Waals surface area (Å²) in [5.74, 6) is 1.73. The van der Waals surface area contributed by atoms with Gasteiger partial charge >= 0.3 is 16.6 Å². The molecular weight excluding hydrogens is 713 g/mol. The Morgan fingerprint density at radius 1 is 0.321 bits per heavy atom. The van der Waals surface area contributed by atoms with Crippen molar-refractivity contribution < 1.29 is 8.85 Å². The van der Waals surface area contributed by atoms with E-state index in [0.717, 1.165) is 33.8 Å². The molecule has 0 unspecified atom stereocenters. The SMILES string of the molecule is Cc1ccccc1-c1cc(O[Si](c2ccccc2)(c2ccccc2)C(C)(C)C)c(-c2ccccc2C)cc1O[Si](c1ccccc1)(c1ccccc1)C(C)(C)C. The second kappa shape index (κ2) is 15.6. The van der Waals surface area contributed by atoms with Crippen molar-refractivity contribution in [3.63, 3.8) is 0 Å². The summed E-state index contributed by atoms with van der Waals surface area (Å²) >= 11 is 0. The fraction of sp³-hybridized carbons (Fsp3) is 0.192. The minimum atomic E-state index is -3.04. The van der Waals surface area contributed by atoms with Gasteiger partial charge in [-0.15, -0.1) is 0 Å². The van der Waals surface area contributed by atoms with Gasteiger partial charge < -0.3 is 8.85 Å². The third-order valence-corrected chi connectivity index (χ3v) is 21.2. The van der Waals surface area contributed by atoms with Gasteiger partial charge in [-0.2, -0.15) is 0 Å². The third-order valence-electron chi connectivity index (χ3n) is 11.3. The van der Waals surface area contributed by atoms with E-state index in [1.807, 2.05) is 0 Å². The van der Waals surface area contributed by atoms with Gasteiger partial charge in [-0.1, -0.05) is 211 Å². The van der Waals surface area contributed by atoms with E-state index in [2.05, 4.69) is 237 Å². The van der Waals surface area contributed by atoms with Crippen molar-refractivity contribution in [3.05, 3.63) is 193 Å². The lowest BCUT2D eigenvalue weighted by Gasteiger charge is -2.44. The summed E-state index contributed by atoms with van der Waals surface area (Å²) in [5, 5.41) is 4.48. The molecule has 0 atom stereocenters. The highest BCUT2D eigenvalue weighted by atomic mass is 28.4. The molecule has 0 aliphatic carbocycles. The minimum absolute atomic E-state index is 0.231. The summed E-state index contributed by atoms with van der Waals surface area (Å²) in [7, 11) is -6.08. The summed E-state index contributed by atoms with van der Waals surface area (Å²) in [5.41, 5.74) is 6.68. The predicted octanol–water partition coefficient (Wildman–Crippen LogP) is 11.5. The predicted molar refractivity (Wildman–Crippen MR) is 243 cm³/mol. The van der Waals surface area contributed by atoms with E-state index in [9.17, 15) is 0 Å². The number of rotatable bonds is 10. The summed E-state index contributed by atoms with van der Waals surface area (Å²) in [6.07, 6.45) is 0. The second-order valence-electron chi connectivity index (χ2n) is 17.0. The number of benzene rings is 7. The fourth-order valence-electron chi connectivity index (χ4n) is 8.53. The van der Waals surface area contributed by atoms with Crippen LogP contribution in [0.5, 0.6) is 11.5 Å². The number of aryl methyl sites for hydroxylation is 2. The van der Waals surface area contributed by atoms with Crippen LogP contribution in [0, 0.1) is 13.8 Å². The van der Waals surface area contributed by atoms with Crippen LogP contribution in [-0.2, 0) is 0 Å². The van der Waals surface area contributed by atoms with E-state index in [1.54, 1.807) is 0 Å². The third kappa shape index (κ3) is 7.08. The van der Waals surface area contributed by atoms with Gasteiger partial charge in [0.1, 0.15) is 11.5 Å². The van der Waals surface area contributed by atoms with Crippen molar-refractivity contribution in [1.82, 2.24) is 0 Å². The quantitative estimate of drug-likeness (QED) is 0.129. The maximum absolute atomic E-state index is 8.00. The molecule has 7 rings (SSSR count). The molecule has 0 aliphatic rings. The number of hydrogen-bond acceptors (Lipinski definition) is 2. The van der Waals surface area contributed by atoms with Gasteiger partial charge in [0.2, 0.25) is 0 Å². The lowest BCUT2D eigenvalue weighted by molar-refractivity contribution is 0.500. The maximum Gasteiger partial charge on any atom is 0.319 e. The lowest BCUT2D eigenvalue weighted by atomic mass is 9.94. The molecule has 0 spiro atoms. The molecule has 0 aromatic heterocycles. The Balaban J connectivity index is 1.60. The van der Waals surface area contributed by atoms with E-state index < -0.39 is 16.6 Å². The van der Waals surface area contributed by atoms with Crippen molar-refractivity contribution in [2.24, 2.45) is 0 Å². The summed E-state index contributed by atoms with van der Waals surface area (Å²) in [6, 6.07) is 65.6. The van der Waals surface area contributed by atoms with E-state index in [4.69, 9.17) is 8.85 Å². The molecule has 0 fully saturated rings. The van der Waals surface area contributed by atoms with Gasteiger partial charge in [0.15, 0.2) is 0 Å². The van der Waals surface area contributed by atoms with Gasteiger partial charge in [-0.25, -0.2) is 0 Å². The van der Waals surface area contributed by atoms with Crippen molar-refractivity contribution in [1.29, 1.82) is 0 Å². The van der Waals surface area contributed by atoms with Crippen LogP contribution < -0.4 is 29.6 Å². The maximum atomic E-state index is 8.00. The Bertz CT molecular complexity index is 2140. The molecule has 282 valence electrons. The van der Waals surface area contributed by atoms with E-state index in [-0.39, 0.29) is 10.1 Å². The standard InChI is InChI=1S/C52H54O2Si2/c1-39-25-21-23-35-45(39)47-37-50(54-56(52(6,7)8,43-31-17-11-18-32-43)44-33-19-12-20-34-44)48(46-36-24-22-26-40(46)2)38-49(47)53-55(51(3,4)5,41-27-13-9-14-28-41)42-29-15-10-16-30-42/h9-38H,1-8H3. The first-order valence-corrected chi connectivity index (χ1v) is 23.6. The molecule has 0 saturated heterocycles. The molecule has 0 saturated carbocycles. The zero-order chi connectivity index (χ0) is 39.6. The minimum Gasteiger partial charge on any atom is -0.534 e. The first-order valence-electron chi connectivity index (χ1n) is 19.8. The van der Waals surface area contributed by atoms with Gasteiger partial charge in [-0.05, 0) is 79.1 Å². The molecule has 7 aromatic carbocycles. The highest BCUT2D eigenvalue weighted by Crippen LogP contribution is 2.48. The van der Waals surface area contributed by atoms with Crippen molar-refractivity contribution >= 4 is 37.4 Å². The van der Waals surface area contributed by atoms with Crippen LogP contribution in [-0.4, -0.2) is 16.6 Å². The molecule has 0 amide bonds. The van der Waals surface area contributed by atoms with Gasteiger partial charge in [0.05, 0.1) is 0 Å². The molecule has 0 aliphatic heterocycles. The molecule has 0 bridgehead atoms. The molecular formula is C52H54O2Si2. The van der Waals surface area contributed by atoms with Crippen LogP contribution in [0.2, 0.25) is 10.1 Å².